The summed E-state index contributed by atoms with van der Waals surface area (Å²) in [5.41, 5.74) is -1.39. The van der Waals surface area contributed by atoms with E-state index in [1.165, 1.54) is 17.4 Å². The summed E-state index contributed by atoms with van der Waals surface area (Å²) in [7, 11) is -0.901. The fraction of sp³-hybridized carbons (Fsp3) is 0.500. The van der Waals surface area contributed by atoms with Crippen LogP contribution in [0.25, 0.3) is 6.08 Å². The van der Waals surface area contributed by atoms with Crippen molar-refractivity contribution in [1.29, 1.82) is 0 Å². The highest BCUT2D eigenvalue weighted by atomic mass is 32.1. The Morgan fingerprint density at radius 3 is 2.35 bits per heavy atom. The Morgan fingerprint density at radius 1 is 1.29 bits per heavy atom. The van der Waals surface area contributed by atoms with Gasteiger partial charge < -0.3 is 9.31 Å². The second-order valence-electron chi connectivity index (χ2n) is 5.13. The maximum Gasteiger partial charge on any atom is 0.525 e. The van der Waals surface area contributed by atoms with Crippen LogP contribution in [0.2, 0.25) is 0 Å². The van der Waals surface area contributed by atoms with Crippen molar-refractivity contribution in [3.8, 4) is 0 Å². The van der Waals surface area contributed by atoms with E-state index in [0.717, 1.165) is 4.88 Å². The Bertz CT molecular complexity index is 410. The summed E-state index contributed by atoms with van der Waals surface area (Å²) in [5, 5.41) is 1.91. The van der Waals surface area contributed by atoms with E-state index in [1.807, 2.05) is 45.2 Å². The number of hydrogen-bond acceptors (Lipinski definition) is 3. The molecule has 0 spiro atoms. The van der Waals surface area contributed by atoms with Crippen LogP contribution in [0.1, 0.15) is 32.6 Å². The summed E-state index contributed by atoms with van der Waals surface area (Å²) in [6.45, 7) is 7.63. The first-order chi connectivity index (χ1) is 7.82. The molecule has 17 heavy (non-hydrogen) atoms. The first kappa shape index (κ1) is 12.8. The molecule has 2 rings (SSSR count). The fourth-order valence-corrected chi connectivity index (χ4v) is 2.19. The Morgan fingerprint density at radius 2 is 1.88 bits per heavy atom. The molecule has 0 unspecified atom stereocenters. The van der Waals surface area contributed by atoms with Crippen LogP contribution in [-0.4, -0.2) is 18.3 Å². The highest BCUT2D eigenvalue weighted by Gasteiger charge is 2.53. The summed E-state index contributed by atoms with van der Waals surface area (Å²) in [6, 6.07) is 3.74. The molecule has 1 saturated heterocycles. The molecule has 0 bridgehead atoms. The number of rotatable bonds is 2. The van der Waals surface area contributed by atoms with Crippen molar-refractivity contribution in [3.63, 3.8) is 0 Å². The Hall–Kier alpha value is -0.645. The van der Waals surface area contributed by atoms with Gasteiger partial charge in [-0.2, -0.15) is 0 Å². The Balaban J connectivity index is 2.16. The smallest absolute Gasteiger partial charge is 0.398 e. The zero-order valence-corrected chi connectivity index (χ0v) is 11.3. The highest BCUT2D eigenvalue weighted by Crippen LogP contribution is 2.39. The summed E-state index contributed by atoms with van der Waals surface area (Å²) >= 11 is 1.48. The van der Waals surface area contributed by atoms with E-state index >= 15 is 0 Å². The van der Waals surface area contributed by atoms with E-state index in [-0.39, 0.29) is 5.73 Å². The largest absolute Gasteiger partial charge is 0.525 e. The van der Waals surface area contributed by atoms with E-state index in [1.54, 1.807) is 0 Å². The van der Waals surface area contributed by atoms with Crippen molar-refractivity contribution in [2.45, 2.75) is 38.9 Å². The molecular weight excluding hydrogens is 238 g/mol. The second-order valence-corrected chi connectivity index (χ2v) is 6.11. The normalized spacial score (nSPS) is 23.1. The lowest BCUT2D eigenvalue weighted by atomic mass is 9.87. The second kappa shape index (κ2) is 4.23. The van der Waals surface area contributed by atoms with Gasteiger partial charge in [0.25, 0.3) is 0 Å². The number of hydrogen-bond donors (Lipinski definition) is 0. The van der Waals surface area contributed by atoms with Crippen molar-refractivity contribution in [2.75, 3.05) is 0 Å². The summed E-state index contributed by atoms with van der Waals surface area (Å²) in [6.07, 6.45) is 1.47. The van der Waals surface area contributed by atoms with Crippen LogP contribution in [0.5, 0.6) is 0 Å². The van der Waals surface area contributed by atoms with Gasteiger partial charge >= 0.3 is 7.12 Å². The molecule has 1 fully saturated rings. The predicted molar refractivity (Wildman–Crippen MR) is 69.5 cm³/mol. The maximum atomic E-state index is 14.0. The Kier molecular flexibility index (Phi) is 3.18. The molecule has 0 N–H and O–H groups in total. The first-order valence-corrected chi connectivity index (χ1v) is 6.46. The van der Waals surface area contributed by atoms with Gasteiger partial charge in [-0.3, -0.25) is 0 Å². The molecule has 0 radical (unpaired) electrons. The van der Waals surface area contributed by atoms with E-state index in [4.69, 9.17) is 9.31 Å². The van der Waals surface area contributed by atoms with Crippen LogP contribution in [0.15, 0.2) is 23.2 Å². The molecule has 0 aliphatic carbocycles. The summed E-state index contributed by atoms with van der Waals surface area (Å²) in [4.78, 5) is 0.859. The summed E-state index contributed by atoms with van der Waals surface area (Å²) < 4.78 is 25.2. The quantitative estimate of drug-likeness (QED) is 0.749. The standard InChI is InChI=1S/C12H16BFO2S/c1-11(2)12(3,4)16-13(15-11)10(14)8-9-6-5-7-17-9/h5-8H,1-4H3. The van der Waals surface area contributed by atoms with Gasteiger partial charge in [-0.15, -0.1) is 11.3 Å². The zero-order valence-electron chi connectivity index (χ0n) is 10.5. The van der Waals surface area contributed by atoms with Gasteiger partial charge in [0.2, 0.25) is 0 Å². The molecule has 1 aromatic rings. The minimum Gasteiger partial charge on any atom is -0.398 e. The van der Waals surface area contributed by atoms with Gasteiger partial charge in [-0.05, 0) is 45.2 Å². The van der Waals surface area contributed by atoms with E-state index < -0.39 is 18.3 Å². The van der Waals surface area contributed by atoms with Gasteiger partial charge in [-0.25, -0.2) is 4.39 Å². The van der Waals surface area contributed by atoms with Crippen molar-refractivity contribution >= 4 is 24.5 Å². The van der Waals surface area contributed by atoms with Crippen LogP contribution in [0.3, 0.4) is 0 Å². The minimum absolute atomic E-state index is 0.383. The molecule has 1 aromatic heterocycles. The average Bonchev–Trinajstić information content (AvgIpc) is 2.74. The van der Waals surface area contributed by atoms with Crippen LogP contribution in [-0.2, 0) is 9.31 Å². The van der Waals surface area contributed by atoms with Crippen molar-refractivity contribution in [2.24, 2.45) is 0 Å². The molecule has 1 aliphatic rings. The molecule has 1 aliphatic heterocycles. The van der Waals surface area contributed by atoms with Crippen LogP contribution in [0, 0.1) is 0 Å². The van der Waals surface area contributed by atoms with Crippen LogP contribution in [0.4, 0.5) is 4.39 Å². The first-order valence-electron chi connectivity index (χ1n) is 5.58. The number of thiophene rings is 1. The van der Waals surface area contributed by atoms with Gasteiger partial charge in [0.05, 0.1) is 11.2 Å². The molecule has 92 valence electrons. The monoisotopic (exact) mass is 254 g/mol. The van der Waals surface area contributed by atoms with E-state index in [0.29, 0.717) is 0 Å². The van der Waals surface area contributed by atoms with Crippen molar-refractivity contribution in [1.82, 2.24) is 0 Å². The van der Waals surface area contributed by atoms with Crippen LogP contribution >= 0.6 is 11.3 Å². The lowest BCUT2D eigenvalue weighted by molar-refractivity contribution is 0.00578. The summed E-state index contributed by atoms with van der Waals surface area (Å²) in [5.74, 6) is 0. The van der Waals surface area contributed by atoms with Crippen LogP contribution < -0.4 is 0 Å². The maximum absolute atomic E-state index is 14.0. The zero-order chi connectivity index (χ0) is 12.7. The van der Waals surface area contributed by atoms with Gasteiger partial charge in [0.15, 0.2) is 0 Å². The molecule has 5 heteroatoms. The van der Waals surface area contributed by atoms with Gasteiger partial charge in [-0.1, -0.05) is 6.07 Å². The third kappa shape index (κ3) is 2.46. The predicted octanol–water partition coefficient (Wildman–Crippen LogP) is 3.69. The molecule has 0 saturated carbocycles. The topological polar surface area (TPSA) is 18.5 Å². The molecule has 0 atom stereocenters. The highest BCUT2D eigenvalue weighted by molar-refractivity contribution is 7.10. The van der Waals surface area contributed by atoms with Gasteiger partial charge in [0, 0.05) is 4.88 Å². The minimum atomic E-state index is -0.901. The van der Waals surface area contributed by atoms with Crippen molar-refractivity contribution in [3.05, 3.63) is 28.1 Å². The fourth-order valence-electron chi connectivity index (χ4n) is 1.53. The lowest BCUT2D eigenvalue weighted by Gasteiger charge is -2.32. The molecule has 0 aromatic carbocycles. The van der Waals surface area contributed by atoms with Gasteiger partial charge in [0.1, 0.15) is 5.73 Å². The van der Waals surface area contributed by atoms with E-state index in [2.05, 4.69) is 0 Å². The molecule has 0 amide bonds. The lowest BCUT2D eigenvalue weighted by Crippen LogP contribution is -2.41. The molecule has 2 nitrogen and oxygen atoms in total. The molecule has 2 heterocycles. The SMILES string of the molecule is CC1(C)OB(C(F)=Cc2cccs2)OC1(C)C. The molecular formula is C12H16BFO2S. The third-order valence-corrected chi connectivity index (χ3v) is 4.12. The number of halogens is 1. The average molecular weight is 254 g/mol. The third-order valence-electron chi connectivity index (χ3n) is 3.30. The van der Waals surface area contributed by atoms with Crippen molar-refractivity contribution < 1.29 is 13.7 Å². The van der Waals surface area contributed by atoms with E-state index in [9.17, 15) is 4.39 Å². The Labute approximate surface area is 106 Å².